The van der Waals surface area contributed by atoms with Crippen LogP contribution in [0.5, 0.6) is 11.5 Å². The van der Waals surface area contributed by atoms with Gasteiger partial charge >= 0.3 is 5.97 Å². The molecule has 0 aliphatic rings. The Morgan fingerprint density at radius 1 is 1.21 bits per heavy atom. The second-order valence-corrected chi connectivity index (χ2v) is 4.70. The lowest BCUT2D eigenvalue weighted by Gasteiger charge is -2.11. The van der Waals surface area contributed by atoms with Gasteiger partial charge in [-0.25, -0.2) is 9.18 Å². The Bertz CT molecular complexity index is 641. The molecule has 0 heterocycles. The van der Waals surface area contributed by atoms with Gasteiger partial charge in [0.1, 0.15) is 5.75 Å². The molecule has 3 nitrogen and oxygen atoms in total. The third-order valence-electron chi connectivity index (χ3n) is 2.59. The Kier molecular flexibility index (Phi) is 3.85. The molecule has 2 aromatic rings. The van der Waals surface area contributed by atoms with Crippen molar-refractivity contribution in [3.05, 3.63) is 57.8 Å². The third-order valence-corrected chi connectivity index (χ3v) is 3.37. The van der Waals surface area contributed by atoms with Crippen molar-refractivity contribution in [1.29, 1.82) is 0 Å². The largest absolute Gasteiger partial charge is 0.478 e. The van der Waals surface area contributed by atoms with Gasteiger partial charge in [0.25, 0.3) is 0 Å². The number of carboxylic acid groups (broad SMARTS) is 1. The highest BCUT2D eigenvalue weighted by atomic mass is 79.9. The first-order valence-corrected chi connectivity index (χ1v) is 6.24. The molecule has 0 radical (unpaired) electrons. The zero-order valence-electron chi connectivity index (χ0n) is 9.98. The van der Waals surface area contributed by atoms with Crippen LogP contribution < -0.4 is 4.74 Å². The van der Waals surface area contributed by atoms with Crippen molar-refractivity contribution in [2.75, 3.05) is 0 Å². The topological polar surface area (TPSA) is 46.5 Å². The number of aryl methyl sites for hydroxylation is 1. The Morgan fingerprint density at radius 2 is 1.89 bits per heavy atom. The first-order valence-electron chi connectivity index (χ1n) is 5.45. The monoisotopic (exact) mass is 324 g/mol. The second kappa shape index (κ2) is 5.40. The maximum atomic E-state index is 14.0. The van der Waals surface area contributed by atoms with Gasteiger partial charge in [0, 0.05) is 0 Å². The lowest BCUT2D eigenvalue weighted by molar-refractivity contribution is 0.0695. The summed E-state index contributed by atoms with van der Waals surface area (Å²) in [5.74, 6) is -1.43. The normalized spacial score (nSPS) is 10.3. The molecule has 0 aliphatic heterocycles. The zero-order chi connectivity index (χ0) is 14.0. The molecule has 19 heavy (non-hydrogen) atoms. The molecule has 0 unspecified atom stereocenters. The summed E-state index contributed by atoms with van der Waals surface area (Å²) in [5, 5.41) is 8.88. The van der Waals surface area contributed by atoms with Crippen LogP contribution in [-0.2, 0) is 0 Å². The van der Waals surface area contributed by atoms with Gasteiger partial charge in [-0.1, -0.05) is 18.2 Å². The van der Waals surface area contributed by atoms with E-state index in [1.54, 1.807) is 12.1 Å². The lowest BCUT2D eigenvalue weighted by atomic mass is 10.2. The van der Waals surface area contributed by atoms with Gasteiger partial charge in [-0.05, 0) is 46.6 Å². The Hall–Kier alpha value is -1.88. The van der Waals surface area contributed by atoms with Crippen molar-refractivity contribution in [1.82, 2.24) is 0 Å². The van der Waals surface area contributed by atoms with E-state index in [4.69, 9.17) is 9.84 Å². The molecule has 0 fully saturated rings. The summed E-state index contributed by atoms with van der Waals surface area (Å²) in [5.41, 5.74) is 0.718. The van der Waals surface area contributed by atoms with Crippen LogP contribution >= 0.6 is 15.9 Å². The van der Waals surface area contributed by atoms with Crippen LogP contribution in [0.3, 0.4) is 0 Å². The molecule has 0 bridgehead atoms. The first kappa shape index (κ1) is 13.5. The average molecular weight is 325 g/mol. The van der Waals surface area contributed by atoms with E-state index in [2.05, 4.69) is 15.9 Å². The number of hydrogen-bond acceptors (Lipinski definition) is 2. The molecule has 5 heteroatoms. The SMILES string of the molecule is Cc1ccccc1Oc1ccc(C(=O)O)c(Br)c1F. The van der Waals surface area contributed by atoms with Gasteiger partial charge in [0.2, 0.25) is 0 Å². The van der Waals surface area contributed by atoms with Gasteiger partial charge in [0.05, 0.1) is 10.0 Å². The van der Waals surface area contributed by atoms with Crippen molar-refractivity contribution in [2.24, 2.45) is 0 Å². The summed E-state index contributed by atoms with van der Waals surface area (Å²) in [6, 6.07) is 9.78. The average Bonchev–Trinajstić information content (AvgIpc) is 2.37. The van der Waals surface area contributed by atoms with E-state index in [-0.39, 0.29) is 15.8 Å². The smallest absolute Gasteiger partial charge is 0.336 e. The molecule has 0 amide bonds. The minimum absolute atomic E-state index is 0.0221. The highest BCUT2D eigenvalue weighted by molar-refractivity contribution is 9.10. The number of halogens is 2. The van der Waals surface area contributed by atoms with Crippen LogP contribution in [0.4, 0.5) is 4.39 Å². The fraction of sp³-hybridized carbons (Fsp3) is 0.0714. The summed E-state index contributed by atoms with van der Waals surface area (Å²) < 4.78 is 19.3. The van der Waals surface area contributed by atoms with Crippen LogP contribution in [-0.4, -0.2) is 11.1 Å². The van der Waals surface area contributed by atoms with Crippen molar-refractivity contribution in [3.8, 4) is 11.5 Å². The first-order chi connectivity index (χ1) is 9.00. The predicted molar refractivity (Wildman–Crippen MR) is 72.3 cm³/mol. The summed E-state index contributed by atoms with van der Waals surface area (Å²) in [4.78, 5) is 10.9. The molecule has 0 aromatic heterocycles. The molecule has 0 atom stereocenters. The summed E-state index contributed by atoms with van der Waals surface area (Å²) in [7, 11) is 0. The van der Waals surface area contributed by atoms with E-state index in [1.807, 2.05) is 19.1 Å². The number of carbonyl (C=O) groups is 1. The van der Waals surface area contributed by atoms with E-state index in [1.165, 1.54) is 12.1 Å². The molecule has 98 valence electrons. The van der Waals surface area contributed by atoms with Crippen LogP contribution in [0.25, 0.3) is 0 Å². The Labute approximate surface area is 117 Å². The molecule has 2 rings (SSSR count). The zero-order valence-corrected chi connectivity index (χ0v) is 11.6. The lowest BCUT2D eigenvalue weighted by Crippen LogP contribution is -2.01. The second-order valence-electron chi connectivity index (χ2n) is 3.91. The van der Waals surface area contributed by atoms with Crippen molar-refractivity contribution in [2.45, 2.75) is 6.92 Å². The van der Waals surface area contributed by atoms with Gasteiger partial charge < -0.3 is 9.84 Å². The summed E-state index contributed by atoms with van der Waals surface area (Å²) in [6.07, 6.45) is 0. The third kappa shape index (κ3) is 2.76. The summed E-state index contributed by atoms with van der Waals surface area (Å²) >= 11 is 2.93. The fourth-order valence-corrected chi connectivity index (χ4v) is 2.06. The number of hydrogen-bond donors (Lipinski definition) is 1. The molecule has 2 aromatic carbocycles. The van der Waals surface area contributed by atoms with Crippen LogP contribution in [0.1, 0.15) is 15.9 Å². The minimum atomic E-state index is -1.20. The van der Waals surface area contributed by atoms with E-state index in [9.17, 15) is 9.18 Å². The molecule has 0 aliphatic carbocycles. The van der Waals surface area contributed by atoms with Crippen LogP contribution in [0, 0.1) is 12.7 Å². The van der Waals surface area contributed by atoms with E-state index in [0.717, 1.165) is 5.56 Å². The predicted octanol–water partition coefficient (Wildman–Crippen LogP) is 4.39. The number of rotatable bonds is 3. The standard InChI is InChI=1S/C14H10BrFO3/c1-8-4-2-3-5-10(8)19-11-7-6-9(14(17)18)12(15)13(11)16/h2-7H,1H3,(H,17,18). The molecular weight excluding hydrogens is 315 g/mol. The van der Waals surface area contributed by atoms with Gasteiger partial charge in [-0.15, -0.1) is 0 Å². The van der Waals surface area contributed by atoms with Crippen molar-refractivity contribution >= 4 is 21.9 Å². The van der Waals surface area contributed by atoms with E-state index >= 15 is 0 Å². The van der Waals surface area contributed by atoms with E-state index in [0.29, 0.717) is 5.75 Å². The molecule has 1 N–H and O–H groups in total. The van der Waals surface area contributed by atoms with Gasteiger partial charge in [-0.3, -0.25) is 0 Å². The maximum absolute atomic E-state index is 14.0. The number of aromatic carboxylic acids is 1. The van der Waals surface area contributed by atoms with Gasteiger partial charge in [0.15, 0.2) is 11.6 Å². The van der Waals surface area contributed by atoms with Gasteiger partial charge in [-0.2, -0.15) is 0 Å². The van der Waals surface area contributed by atoms with Crippen LogP contribution in [0.15, 0.2) is 40.9 Å². The highest BCUT2D eigenvalue weighted by Crippen LogP contribution is 2.32. The number of para-hydroxylation sites is 1. The minimum Gasteiger partial charge on any atom is -0.478 e. The molecule has 0 saturated heterocycles. The number of carboxylic acids is 1. The Balaban J connectivity index is 2.40. The van der Waals surface area contributed by atoms with Crippen molar-refractivity contribution < 1.29 is 19.0 Å². The molecule has 0 spiro atoms. The number of ether oxygens (including phenoxy) is 1. The maximum Gasteiger partial charge on any atom is 0.336 e. The highest BCUT2D eigenvalue weighted by Gasteiger charge is 2.17. The molecule has 0 saturated carbocycles. The quantitative estimate of drug-likeness (QED) is 0.910. The van der Waals surface area contributed by atoms with Crippen molar-refractivity contribution in [3.63, 3.8) is 0 Å². The Morgan fingerprint density at radius 3 is 2.53 bits per heavy atom. The molecular formula is C14H10BrFO3. The summed E-state index contributed by atoms with van der Waals surface area (Å²) in [6.45, 7) is 1.84. The van der Waals surface area contributed by atoms with E-state index < -0.39 is 11.8 Å². The number of benzene rings is 2. The fourth-order valence-electron chi connectivity index (χ4n) is 1.57. The van der Waals surface area contributed by atoms with Crippen LogP contribution in [0.2, 0.25) is 0 Å².